The van der Waals surface area contributed by atoms with Gasteiger partial charge in [-0.25, -0.2) is 0 Å². The van der Waals surface area contributed by atoms with Crippen LogP contribution in [0.3, 0.4) is 0 Å². The van der Waals surface area contributed by atoms with E-state index in [9.17, 15) is 18.0 Å². The Morgan fingerprint density at radius 2 is 2.00 bits per heavy atom. The maximum absolute atomic E-state index is 12.6. The van der Waals surface area contributed by atoms with Crippen molar-refractivity contribution >= 4 is 28.4 Å². The number of carbonyl (C=O) groups is 1. The van der Waals surface area contributed by atoms with Crippen molar-refractivity contribution in [3.05, 3.63) is 42.1 Å². The number of fused-ring (bicyclic) bond motifs is 1. The molecule has 1 heterocycles. The molecule has 0 spiro atoms. The highest BCUT2D eigenvalue weighted by Crippen LogP contribution is 2.22. The van der Waals surface area contributed by atoms with Gasteiger partial charge in [-0.2, -0.15) is 13.2 Å². The van der Waals surface area contributed by atoms with Gasteiger partial charge in [0.25, 0.3) is 5.91 Å². The maximum atomic E-state index is 12.6. The van der Waals surface area contributed by atoms with E-state index in [2.05, 4.69) is 4.98 Å². The average molecular weight is 317 g/mol. The molecule has 0 atom stereocenters. The Morgan fingerprint density at radius 1 is 1.24 bits per heavy atom. The smallest absolute Gasteiger partial charge is 0.328 e. The number of benzene rings is 1. The molecule has 0 aliphatic rings. The zero-order valence-corrected chi connectivity index (χ0v) is 11.7. The van der Waals surface area contributed by atoms with E-state index in [1.54, 1.807) is 30.5 Å². The molecule has 0 aliphatic heterocycles. The summed E-state index contributed by atoms with van der Waals surface area (Å²) >= 11 is 5.50. The van der Waals surface area contributed by atoms with Crippen LogP contribution in [-0.4, -0.2) is 40.9 Å². The second-order valence-electron chi connectivity index (χ2n) is 4.41. The average Bonchev–Trinajstić information content (AvgIpc) is 2.44. The Kier molecular flexibility index (Phi) is 4.67. The fourth-order valence-electron chi connectivity index (χ4n) is 2.03. The van der Waals surface area contributed by atoms with Gasteiger partial charge in [-0.1, -0.05) is 12.1 Å². The van der Waals surface area contributed by atoms with Crippen molar-refractivity contribution < 1.29 is 18.0 Å². The number of amides is 1. The van der Waals surface area contributed by atoms with Crippen molar-refractivity contribution in [1.29, 1.82) is 0 Å². The molecular formula is C14H12ClF3N2O. The van der Waals surface area contributed by atoms with Crippen LogP contribution in [0.1, 0.15) is 10.4 Å². The minimum absolute atomic E-state index is 0.0646. The molecule has 0 saturated heterocycles. The van der Waals surface area contributed by atoms with Gasteiger partial charge in [-0.15, -0.1) is 11.6 Å². The third-order valence-electron chi connectivity index (χ3n) is 2.89. The first kappa shape index (κ1) is 15.6. The zero-order chi connectivity index (χ0) is 15.5. The molecule has 0 saturated carbocycles. The molecule has 0 N–H and O–H groups in total. The standard InChI is InChI=1S/C14H12ClF3N2O/c15-6-8-20(9-14(16,17)18)13(21)11-3-1-5-12-10(11)4-2-7-19-12/h1-5,7H,6,8-9H2. The number of alkyl halides is 4. The predicted molar refractivity (Wildman–Crippen MR) is 74.4 cm³/mol. The van der Waals surface area contributed by atoms with Gasteiger partial charge in [0, 0.05) is 29.6 Å². The Labute approximate surface area is 124 Å². The third kappa shape index (κ3) is 3.85. The van der Waals surface area contributed by atoms with Crippen molar-refractivity contribution in [2.45, 2.75) is 6.18 Å². The molecule has 7 heteroatoms. The van der Waals surface area contributed by atoms with Gasteiger partial charge in [0.05, 0.1) is 5.52 Å². The number of hydrogen-bond acceptors (Lipinski definition) is 2. The molecule has 3 nitrogen and oxygen atoms in total. The molecule has 2 aromatic rings. The van der Waals surface area contributed by atoms with Crippen molar-refractivity contribution in [1.82, 2.24) is 9.88 Å². The molecule has 0 fully saturated rings. The van der Waals surface area contributed by atoms with Crippen molar-refractivity contribution in [3.63, 3.8) is 0 Å². The van der Waals surface area contributed by atoms with Crippen LogP contribution in [0, 0.1) is 0 Å². The van der Waals surface area contributed by atoms with Crippen molar-refractivity contribution in [3.8, 4) is 0 Å². The minimum Gasteiger partial charge on any atom is -0.328 e. The second kappa shape index (κ2) is 6.30. The first-order valence-corrected chi connectivity index (χ1v) is 6.71. The minimum atomic E-state index is -4.47. The van der Waals surface area contributed by atoms with Gasteiger partial charge in [-0.05, 0) is 18.2 Å². The summed E-state index contributed by atoms with van der Waals surface area (Å²) in [5.74, 6) is -0.767. The van der Waals surface area contributed by atoms with E-state index >= 15 is 0 Å². The lowest BCUT2D eigenvalue weighted by molar-refractivity contribution is -0.140. The van der Waals surface area contributed by atoms with Crippen LogP contribution in [0.5, 0.6) is 0 Å². The Bertz CT molecular complexity index is 640. The van der Waals surface area contributed by atoms with E-state index in [1.165, 1.54) is 6.07 Å². The van der Waals surface area contributed by atoms with Gasteiger partial charge >= 0.3 is 6.18 Å². The van der Waals surface area contributed by atoms with Gasteiger partial charge in [0.15, 0.2) is 0 Å². The normalized spacial score (nSPS) is 11.6. The highest BCUT2D eigenvalue weighted by atomic mass is 35.5. The molecule has 0 radical (unpaired) electrons. The van der Waals surface area contributed by atoms with Crippen LogP contribution in [-0.2, 0) is 0 Å². The number of pyridine rings is 1. The summed E-state index contributed by atoms with van der Waals surface area (Å²) in [7, 11) is 0. The Hall–Kier alpha value is -1.82. The lowest BCUT2D eigenvalue weighted by Gasteiger charge is -2.23. The molecule has 1 aromatic carbocycles. The van der Waals surface area contributed by atoms with E-state index in [0.29, 0.717) is 15.8 Å². The summed E-state index contributed by atoms with van der Waals surface area (Å²) in [6, 6.07) is 8.07. The van der Waals surface area contributed by atoms with Gasteiger partial charge in [0.1, 0.15) is 6.54 Å². The Morgan fingerprint density at radius 3 is 2.67 bits per heavy atom. The van der Waals surface area contributed by atoms with E-state index in [0.717, 1.165) is 0 Å². The second-order valence-corrected chi connectivity index (χ2v) is 4.78. The monoisotopic (exact) mass is 316 g/mol. The summed E-state index contributed by atoms with van der Waals surface area (Å²) in [6.45, 7) is -1.49. The maximum Gasteiger partial charge on any atom is 0.406 e. The molecule has 112 valence electrons. The number of nitrogens with zero attached hydrogens (tertiary/aromatic N) is 2. The SMILES string of the molecule is O=C(c1cccc2ncccc12)N(CCCl)CC(F)(F)F. The van der Waals surface area contributed by atoms with E-state index < -0.39 is 18.6 Å². The summed E-state index contributed by atoms with van der Waals surface area (Å²) in [5, 5.41) is 0.520. The lowest BCUT2D eigenvalue weighted by atomic mass is 10.1. The van der Waals surface area contributed by atoms with Crippen LogP contribution >= 0.6 is 11.6 Å². The summed E-state index contributed by atoms with van der Waals surface area (Å²) in [4.78, 5) is 17.2. The fraction of sp³-hybridized carbons (Fsp3) is 0.286. The summed E-state index contributed by atoms with van der Waals surface area (Å²) in [6.07, 6.45) is -2.91. The van der Waals surface area contributed by atoms with Crippen LogP contribution in [0.4, 0.5) is 13.2 Å². The first-order valence-electron chi connectivity index (χ1n) is 6.18. The summed E-state index contributed by atoms with van der Waals surface area (Å²) in [5.41, 5.74) is 0.746. The van der Waals surface area contributed by atoms with E-state index in [-0.39, 0.29) is 18.0 Å². The highest BCUT2D eigenvalue weighted by Gasteiger charge is 2.33. The molecule has 1 aromatic heterocycles. The van der Waals surface area contributed by atoms with Gasteiger partial charge in [0.2, 0.25) is 0 Å². The van der Waals surface area contributed by atoms with Crippen LogP contribution in [0.25, 0.3) is 10.9 Å². The fourth-order valence-corrected chi connectivity index (χ4v) is 2.24. The molecule has 0 unspecified atom stereocenters. The van der Waals surface area contributed by atoms with Gasteiger partial charge < -0.3 is 4.90 Å². The number of halogens is 4. The van der Waals surface area contributed by atoms with Gasteiger partial charge in [-0.3, -0.25) is 9.78 Å². The van der Waals surface area contributed by atoms with Crippen LogP contribution in [0.2, 0.25) is 0 Å². The third-order valence-corrected chi connectivity index (χ3v) is 3.06. The predicted octanol–water partition coefficient (Wildman–Crippen LogP) is 3.48. The zero-order valence-electron chi connectivity index (χ0n) is 10.9. The van der Waals surface area contributed by atoms with Crippen molar-refractivity contribution in [2.75, 3.05) is 19.0 Å². The topological polar surface area (TPSA) is 33.2 Å². The van der Waals surface area contributed by atoms with Crippen molar-refractivity contribution in [2.24, 2.45) is 0 Å². The number of aromatic nitrogens is 1. The first-order chi connectivity index (χ1) is 9.92. The largest absolute Gasteiger partial charge is 0.406 e. The molecule has 2 rings (SSSR count). The number of rotatable bonds is 4. The number of carbonyl (C=O) groups excluding carboxylic acids is 1. The van der Waals surface area contributed by atoms with Crippen LogP contribution in [0.15, 0.2) is 36.5 Å². The number of hydrogen-bond donors (Lipinski definition) is 0. The lowest BCUT2D eigenvalue weighted by Crippen LogP contribution is -2.40. The Balaban J connectivity index is 2.39. The van der Waals surface area contributed by atoms with Crippen LogP contribution < -0.4 is 0 Å². The molecule has 1 amide bonds. The molecular weight excluding hydrogens is 305 g/mol. The van der Waals surface area contributed by atoms with E-state index in [4.69, 9.17) is 11.6 Å². The highest BCUT2D eigenvalue weighted by molar-refractivity contribution is 6.18. The molecule has 21 heavy (non-hydrogen) atoms. The molecule has 0 bridgehead atoms. The summed E-state index contributed by atoms with van der Waals surface area (Å²) < 4.78 is 37.7. The van der Waals surface area contributed by atoms with E-state index in [1.807, 2.05) is 0 Å². The quantitative estimate of drug-likeness (QED) is 0.809. The molecule has 0 aliphatic carbocycles.